The van der Waals surface area contributed by atoms with E-state index in [1.54, 1.807) is 42.5 Å². The number of hydrogen-bond donors (Lipinski definition) is 1. The quantitative estimate of drug-likeness (QED) is 0.305. The van der Waals surface area contributed by atoms with E-state index >= 15 is 0 Å². The number of nitrogens with zero attached hydrogens (tertiary/aromatic N) is 1. The van der Waals surface area contributed by atoms with Gasteiger partial charge in [-0.15, -0.1) is 0 Å². The molecular weight excluding hydrogens is 483 g/mol. The fourth-order valence-corrected chi connectivity index (χ4v) is 3.80. The summed E-state index contributed by atoms with van der Waals surface area (Å²) in [6, 6.07) is 17.7. The molecule has 0 aliphatic rings. The van der Waals surface area contributed by atoms with Gasteiger partial charge in [0.2, 0.25) is 0 Å². The molecular formula is C20H11BrCl2N2O2S. The van der Waals surface area contributed by atoms with Crippen molar-refractivity contribution in [3.8, 4) is 6.07 Å². The molecule has 1 aromatic heterocycles. The predicted octanol–water partition coefficient (Wildman–Crippen LogP) is 7.05. The molecule has 0 fully saturated rings. The Morgan fingerprint density at radius 1 is 1.18 bits per heavy atom. The predicted molar refractivity (Wildman–Crippen MR) is 116 cm³/mol. The minimum absolute atomic E-state index is 0.107. The SMILES string of the molecule is N#C/C(=C/c1cc(Br)c(Sc2ccc(Cl)cc2)o1)C(=O)Nc1ccccc1Cl. The highest BCUT2D eigenvalue weighted by Gasteiger charge is 2.15. The van der Waals surface area contributed by atoms with Gasteiger partial charge in [-0.05, 0) is 58.4 Å². The van der Waals surface area contributed by atoms with E-state index in [2.05, 4.69) is 21.2 Å². The van der Waals surface area contributed by atoms with Crippen molar-refractivity contribution in [2.45, 2.75) is 9.99 Å². The summed E-state index contributed by atoms with van der Waals surface area (Å²) >= 11 is 16.7. The normalized spacial score (nSPS) is 11.1. The highest BCUT2D eigenvalue weighted by Crippen LogP contribution is 2.37. The number of para-hydroxylation sites is 1. The molecule has 0 spiro atoms. The summed E-state index contributed by atoms with van der Waals surface area (Å²) in [6.45, 7) is 0. The standard InChI is InChI=1S/C20H11BrCl2N2O2S/c21-16-10-14(27-20(16)28-15-7-5-13(22)6-8-15)9-12(11-24)19(26)25-18-4-2-1-3-17(18)23/h1-10H,(H,25,26)/b12-9-. The van der Waals surface area contributed by atoms with Gasteiger partial charge in [-0.3, -0.25) is 4.79 Å². The highest BCUT2D eigenvalue weighted by molar-refractivity contribution is 9.10. The van der Waals surface area contributed by atoms with Gasteiger partial charge in [0.15, 0.2) is 5.09 Å². The maximum atomic E-state index is 12.4. The molecule has 0 radical (unpaired) electrons. The lowest BCUT2D eigenvalue weighted by Crippen LogP contribution is -2.13. The van der Waals surface area contributed by atoms with Gasteiger partial charge in [0.25, 0.3) is 5.91 Å². The zero-order valence-electron chi connectivity index (χ0n) is 14.1. The third kappa shape index (κ3) is 5.21. The zero-order chi connectivity index (χ0) is 20.1. The molecule has 3 rings (SSSR count). The molecule has 140 valence electrons. The Bertz CT molecular complexity index is 1090. The van der Waals surface area contributed by atoms with Crippen LogP contribution >= 0.6 is 50.9 Å². The average Bonchev–Trinajstić information content (AvgIpc) is 3.02. The fraction of sp³-hybridized carbons (Fsp3) is 0. The molecule has 0 saturated heterocycles. The van der Waals surface area contributed by atoms with Crippen LogP contribution in [0, 0.1) is 11.3 Å². The number of anilines is 1. The van der Waals surface area contributed by atoms with Crippen LogP contribution in [0.25, 0.3) is 6.08 Å². The number of nitriles is 1. The first-order valence-electron chi connectivity index (χ1n) is 7.86. The number of hydrogen-bond acceptors (Lipinski definition) is 4. The molecule has 0 aliphatic carbocycles. The number of furan rings is 1. The summed E-state index contributed by atoms with van der Waals surface area (Å²) in [5, 5.41) is 13.6. The number of halogens is 3. The first-order chi connectivity index (χ1) is 13.5. The van der Waals surface area contributed by atoms with Crippen molar-refractivity contribution in [3.05, 3.63) is 80.4 Å². The van der Waals surface area contributed by atoms with Crippen LogP contribution in [0.4, 0.5) is 5.69 Å². The Morgan fingerprint density at radius 2 is 1.89 bits per heavy atom. The summed E-state index contributed by atoms with van der Waals surface area (Å²) in [4.78, 5) is 13.3. The largest absolute Gasteiger partial charge is 0.449 e. The topological polar surface area (TPSA) is 66.0 Å². The van der Waals surface area contributed by atoms with E-state index in [0.717, 1.165) is 4.90 Å². The molecule has 0 atom stereocenters. The monoisotopic (exact) mass is 492 g/mol. The van der Waals surface area contributed by atoms with Gasteiger partial charge >= 0.3 is 0 Å². The minimum atomic E-state index is -0.574. The Morgan fingerprint density at radius 3 is 2.57 bits per heavy atom. The molecule has 0 aliphatic heterocycles. The highest BCUT2D eigenvalue weighted by atomic mass is 79.9. The molecule has 1 heterocycles. The van der Waals surface area contributed by atoms with Crippen molar-refractivity contribution in [1.29, 1.82) is 5.26 Å². The van der Waals surface area contributed by atoms with Crippen LogP contribution in [0.1, 0.15) is 5.76 Å². The van der Waals surface area contributed by atoms with Crippen molar-refractivity contribution in [2.75, 3.05) is 5.32 Å². The molecule has 4 nitrogen and oxygen atoms in total. The third-order valence-electron chi connectivity index (χ3n) is 3.47. The molecule has 2 aromatic carbocycles. The van der Waals surface area contributed by atoms with Crippen LogP contribution in [0.5, 0.6) is 0 Å². The number of nitrogens with one attached hydrogen (secondary N) is 1. The zero-order valence-corrected chi connectivity index (χ0v) is 18.0. The van der Waals surface area contributed by atoms with E-state index in [9.17, 15) is 10.1 Å². The van der Waals surface area contributed by atoms with E-state index in [-0.39, 0.29) is 5.57 Å². The summed E-state index contributed by atoms with van der Waals surface area (Å²) in [7, 11) is 0. The van der Waals surface area contributed by atoms with E-state index < -0.39 is 5.91 Å². The number of benzene rings is 2. The van der Waals surface area contributed by atoms with Crippen LogP contribution in [0.15, 0.2) is 79.0 Å². The van der Waals surface area contributed by atoms with E-state index in [1.165, 1.54) is 17.8 Å². The first kappa shape index (κ1) is 20.6. The summed E-state index contributed by atoms with van der Waals surface area (Å²) < 4.78 is 6.47. The van der Waals surface area contributed by atoms with Gasteiger partial charge in [-0.1, -0.05) is 47.1 Å². The second-order valence-electron chi connectivity index (χ2n) is 5.44. The van der Waals surface area contributed by atoms with Gasteiger partial charge in [0, 0.05) is 16.0 Å². The minimum Gasteiger partial charge on any atom is -0.449 e. The van der Waals surface area contributed by atoms with Crippen LogP contribution in [0.2, 0.25) is 10.0 Å². The maximum absolute atomic E-state index is 12.4. The number of carbonyl (C=O) groups excluding carboxylic acids is 1. The molecule has 0 saturated carbocycles. The van der Waals surface area contributed by atoms with E-state index in [1.807, 2.05) is 18.2 Å². The number of carbonyl (C=O) groups is 1. The van der Waals surface area contributed by atoms with Crippen LogP contribution in [-0.4, -0.2) is 5.91 Å². The van der Waals surface area contributed by atoms with Gasteiger partial charge in [-0.2, -0.15) is 5.26 Å². The molecule has 0 unspecified atom stereocenters. The second-order valence-corrected chi connectivity index (χ2v) is 8.19. The van der Waals surface area contributed by atoms with Crippen molar-refractivity contribution in [3.63, 3.8) is 0 Å². The molecule has 28 heavy (non-hydrogen) atoms. The number of rotatable bonds is 5. The molecule has 1 N–H and O–H groups in total. The summed E-state index contributed by atoms with van der Waals surface area (Å²) in [5.74, 6) is -0.204. The van der Waals surface area contributed by atoms with Gasteiger partial charge in [-0.25, -0.2) is 0 Å². The average molecular weight is 494 g/mol. The van der Waals surface area contributed by atoms with Crippen molar-refractivity contribution < 1.29 is 9.21 Å². The van der Waals surface area contributed by atoms with E-state index in [0.29, 0.717) is 31.1 Å². The third-order valence-corrected chi connectivity index (χ3v) is 5.90. The van der Waals surface area contributed by atoms with Crippen LogP contribution < -0.4 is 5.32 Å². The van der Waals surface area contributed by atoms with Crippen molar-refractivity contribution in [1.82, 2.24) is 0 Å². The molecule has 8 heteroatoms. The first-order valence-corrected chi connectivity index (χ1v) is 10.2. The van der Waals surface area contributed by atoms with Crippen LogP contribution in [-0.2, 0) is 4.79 Å². The van der Waals surface area contributed by atoms with Crippen molar-refractivity contribution >= 4 is 68.6 Å². The fourth-order valence-electron chi connectivity index (χ4n) is 2.16. The van der Waals surface area contributed by atoms with Crippen LogP contribution in [0.3, 0.4) is 0 Å². The maximum Gasteiger partial charge on any atom is 0.266 e. The number of amides is 1. The van der Waals surface area contributed by atoms with Gasteiger partial charge in [0.05, 0.1) is 15.2 Å². The second kappa shape index (κ2) is 9.35. The summed E-state index contributed by atoms with van der Waals surface area (Å²) in [6.07, 6.45) is 1.38. The molecule has 0 bridgehead atoms. The Hall–Kier alpha value is -2.17. The lowest BCUT2D eigenvalue weighted by molar-refractivity contribution is -0.112. The molecule has 3 aromatic rings. The molecule has 1 amide bonds. The lowest BCUT2D eigenvalue weighted by atomic mass is 10.2. The lowest BCUT2D eigenvalue weighted by Gasteiger charge is -2.05. The van der Waals surface area contributed by atoms with E-state index in [4.69, 9.17) is 27.6 Å². The Labute approximate surface area is 184 Å². The van der Waals surface area contributed by atoms with Crippen molar-refractivity contribution in [2.24, 2.45) is 0 Å². The Kier molecular flexibility index (Phi) is 6.87. The van der Waals surface area contributed by atoms with Gasteiger partial charge in [0.1, 0.15) is 17.4 Å². The van der Waals surface area contributed by atoms with Gasteiger partial charge < -0.3 is 9.73 Å². The summed E-state index contributed by atoms with van der Waals surface area (Å²) in [5.41, 5.74) is 0.319. The Balaban J connectivity index is 1.79. The smallest absolute Gasteiger partial charge is 0.266 e.